The maximum Gasteiger partial charge on any atom is 0.326 e. The zero-order chi connectivity index (χ0) is 24.3. The molecule has 3 rings (SSSR count). The lowest BCUT2D eigenvalue weighted by molar-refractivity contribution is -0.141. The number of rotatable bonds is 9. The van der Waals surface area contributed by atoms with Crippen molar-refractivity contribution < 1.29 is 19.5 Å². The van der Waals surface area contributed by atoms with Gasteiger partial charge in [-0.25, -0.2) is 4.79 Å². The average molecular weight is 519 g/mol. The summed E-state index contributed by atoms with van der Waals surface area (Å²) in [6.07, 6.45) is 4.95. The van der Waals surface area contributed by atoms with Crippen molar-refractivity contribution in [2.75, 3.05) is 0 Å². The van der Waals surface area contributed by atoms with Crippen LogP contribution in [0.25, 0.3) is 6.08 Å². The Labute approximate surface area is 206 Å². The van der Waals surface area contributed by atoms with E-state index in [2.05, 4.69) is 26.6 Å². The van der Waals surface area contributed by atoms with Gasteiger partial charge in [-0.3, -0.25) is 9.59 Å². The molecule has 0 saturated carbocycles. The highest BCUT2D eigenvalue weighted by Gasteiger charge is 2.23. The molecule has 3 N–H and O–H groups in total. The molecule has 0 saturated heterocycles. The molecule has 0 spiro atoms. The number of amides is 2. The SMILES string of the molecule is O=C(N[C@H](Cc1ccccc1)C(=O)O)/C(=C\C=C\c1ccccc1)NC(=O)c1cccc(Br)c1. The van der Waals surface area contributed by atoms with Crippen LogP contribution in [-0.4, -0.2) is 28.9 Å². The van der Waals surface area contributed by atoms with Crippen molar-refractivity contribution in [1.29, 1.82) is 0 Å². The summed E-state index contributed by atoms with van der Waals surface area (Å²) in [7, 11) is 0. The lowest BCUT2D eigenvalue weighted by Gasteiger charge is -2.16. The minimum absolute atomic E-state index is 0.0727. The number of aliphatic carboxylic acids is 1. The average Bonchev–Trinajstić information content (AvgIpc) is 2.84. The number of carboxylic acid groups (broad SMARTS) is 1. The number of carbonyl (C=O) groups excluding carboxylic acids is 2. The Morgan fingerprint density at radius 1 is 0.912 bits per heavy atom. The monoisotopic (exact) mass is 518 g/mol. The fourth-order valence-corrected chi connectivity index (χ4v) is 3.50. The van der Waals surface area contributed by atoms with Gasteiger partial charge in [0.25, 0.3) is 11.8 Å². The lowest BCUT2D eigenvalue weighted by atomic mass is 10.1. The summed E-state index contributed by atoms with van der Waals surface area (Å²) in [4.78, 5) is 37.6. The first kappa shape index (κ1) is 24.7. The van der Waals surface area contributed by atoms with Gasteiger partial charge < -0.3 is 15.7 Å². The molecular formula is C27H23BrN2O4. The summed E-state index contributed by atoms with van der Waals surface area (Å²) >= 11 is 3.32. The second kappa shape index (κ2) is 12.3. The summed E-state index contributed by atoms with van der Waals surface area (Å²) in [5.41, 5.74) is 1.95. The van der Waals surface area contributed by atoms with Crippen LogP contribution in [0.3, 0.4) is 0 Å². The number of carbonyl (C=O) groups is 3. The van der Waals surface area contributed by atoms with E-state index in [-0.39, 0.29) is 12.1 Å². The predicted octanol–water partition coefficient (Wildman–Crippen LogP) is 4.59. The Morgan fingerprint density at radius 3 is 2.24 bits per heavy atom. The highest BCUT2D eigenvalue weighted by molar-refractivity contribution is 9.10. The summed E-state index contributed by atoms with van der Waals surface area (Å²) in [6, 6.07) is 24.0. The van der Waals surface area contributed by atoms with Crippen molar-refractivity contribution in [1.82, 2.24) is 10.6 Å². The topological polar surface area (TPSA) is 95.5 Å². The van der Waals surface area contributed by atoms with Crippen LogP contribution in [0.1, 0.15) is 21.5 Å². The third kappa shape index (κ3) is 7.56. The van der Waals surface area contributed by atoms with Crippen LogP contribution in [-0.2, 0) is 16.0 Å². The second-order valence-electron chi connectivity index (χ2n) is 7.37. The molecule has 0 bridgehead atoms. The maximum atomic E-state index is 13.0. The number of hydrogen-bond donors (Lipinski definition) is 3. The largest absolute Gasteiger partial charge is 0.480 e. The molecule has 0 aromatic heterocycles. The Hall–Kier alpha value is -3.97. The second-order valence-corrected chi connectivity index (χ2v) is 8.28. The third-order valence-electron chi connectivity index (χ3n) is 4.82. The molecule has 0 heterocycles. The number of hydrogen-bond acceptors (Lipinski definition) is 3. The van der Waals surface area contributed by atoms with Gasteiger partial charge >= 0.3 is 5.97 Å². The molecule has 3 aromatic carbocycles. The Balaban J connectivity index is 1.82. The van der Waals surface area contributed by atoms with Crippen LogP contribution in [0.2, 0.25) is 0 Å². The fourth-order valence-electron chi connectivity index (χ4n) is 3.10. The van der Waals surface area contributed by atoms with Gasteiger partial charge in [-0.05, 0) is 35.4 Å². The van der Waals surface area contributed by atoms with E-state index in [9.17, 15) is 19.5 Å². The summed E-state index contributed by atoms with van der Waals surface area (Å²) in [5, 5.41) is 14.8. The van der Waals surface area contributed by atoms with Crippen molar-refractivity contribution in [3.05, 3.63) is 124 Å². The van der Waals surface area contributed by atoms with Crippen molar-refractivity contribution in [2.45, 2.75) is 12.5 Å². The normalized spacial score (nSPS) is 12.2. The van der Waals surface area contributed by atoms with E-state index in [0.717, 1.165) is 11.1 Å². The van der Waals surface area contributed by atoms with E-state index in [1.54, 1.807) is 60.7 Å². The van der Waals surface area contributed by atoms with Gasteiger partial charge in [0.2, 0.25) is 0 Å². The van der Waals surface area contributed by atoms with Crippen LogP contribution in [0, 0.1) is 0 Å². The number of allylic oxidation sites excluding steroid dienone is 2. The van der Waals surface area contributed by atoms with Crippen molar-refractivity contribution >= 4 is 39.8 Å². The summed E-state index contributed by atoms with van der Waals surface area (Å²) in [6.45, 7) is 0. The van der Waals surface area contributed by atoms with Gasteiger partial charge in [0.15, 0.2) is 0 Å². The molecule has 1 atom stereocenters. The first-order chi connectivity index (χ1) is 16.4. The van der Waals surface area contributed by atoms with Crippen molar-refractivity contribution in [3.63, 3.8) is 0 Å². The summed E-state index contributed by atoms with van der Waals surface area (Å²) < 4.78 is 0.716. The first-order valence-corrected chi connectivity index (χ1v) is 11.3. The number of benzene rings is 3. The minimum atomic E-state index is -1.17. The number of halogens is 1. The molecule has 34 heavy (non-hydrogen) atoms. The van der Waals surface area contributed by atoms with E-state index in [0.29, 0.717) is 10.0 Å². The predicted molar refractivity (Wildman–Crippen MR) is 135 cm³/mol. The van der Waals surface area contributed by atoms with Crippen molar-refractivity contribution in [3.8, 4) is 0 Å². The zero-order valence-corrected chi connectivity index (χ0v) is 19.7. The van der Waals surface area contributed by atoms with E-state index in [1.807, 2.05) is 36.4 Å². The van der Waals surface area contributed by atoms with Gasteiger partial charge in [0.05, 0.1) is 0 Å². The third-order valence-corrected chi connectivity index (χ3v) is 5.31. The maximum absolute atomic E-state index is 13.0. The minimum Gasteiger partial charge on any atom is -0.480 e. The molecule has 0 fully saturated rings. The molecule has 6 nitrogen and oxygen atoms in total. The molecule has 0 aliphatic heterocycles. The highest BCUT2D eigenvalue weighted by Crippen LogP contribution is 2.12. The van der Waals surface area contributed by atoms with Gasteiger partial charge in [-0.15, -0.1) is 0 Å². The zero-order valence-electron chi connectivity index (χ0n) is 18.1. The van der Waals surface area contributed by atoms with Gasteiger partial charge in [-0.1, -0.05) is 94.8 Å². The van der Waals surface area contributed by atoms with E-state index >= 15 is 0 Å². The Bertz CT molecular complexity index is 1210. The Morgan fingerprint density at radius 2 is 1.59 bits per heavy atom. The first-order valence-electron chi connectivity index (χ1n) is 10.5. The molecule has 172 valence electrons. The quantitative estimate of drug-likeness (QED) is 0.285. The van der Waals surface area contributed by atoms with Crippen LogP contribution in [0.4, 0.5) is 0 Å². The van der Waals surface area contributed by atoms with E-state index in [1.165, 1.54) is 6.08 Å². The molecule has 3 aromatic rings. The highest BCUT2D eigenvalue weighted by atomic mass is 79.9. The van der Waals surface area contributed by atoms with E-state index in [4.69, 9.17) is 0 Å². The number of carboxylic acids is 1. The molecular weight excluding hydrogens is 496 g/mol. The van der Waals surface area contributed by atoms with E-state index < -0.39 is 23.8 Å². The molecule has 7 heteroatoms. The van der Waals surface area contributed by atoms with Gasteiger partial charge in [0, 0.05) is 16.5 Å². The van der Waals surface area contributed by atoms with Crippen LogP contribution in [0.15, 0.2) is 107 Å². The van der Waals surface area contributed by atoms with Crippen molar-refractivity contribution in [2.24, 2.45) is 0 Å². The lowest BCUT2D eigenvalue weighted by Crippen LogP contribution is -2.45. The van der Waals surface area contributed by atoms with Crippen LogP contribution in [0.5, 0.6) is 0 Å². The Kier molecular flexibility index (Phi) is 8.94. The summed E-state index contributed by atoms with van der Waals surface area (Å²) in [5.74, 6) is -2.37. The fraction of sp³-hybridized carbons (Fsp3) is 0.0741. The van der Waals surface area contributed by atoms with Crippen LogP contribution >= 0.6 is 15.9 Å². The molecule has 0 radical (unpaired) electrons. The number of nitrogens with one attached hydrogen (secondary N) is 2. The molecule has 0 aliphatic carbocycles. The van der Waals surface area contributed by atoms with Crippen LogP contribution < -0.4 is 10.6 Å². The molecule has 2 amide bonds. The molecule has 0 unspecified atom stereocenters. The standard InChI is InChI=1S/C27H23BrN2O4/c28-22-15-8-14-21(18-22)25(31)29-23(16-7-13-19-9-3-1-4-10-19)26(32)30-24(27(33)34)17-20-11-5-2-6-12-20/h1-16,18,24H,17H2,(H,29,31)(H,30,32)(H,33,34)/b13-7+,23-16+/t24-/m1/s1. The van der Waals surface area contributed by atoms with Gasteiger partial charge in [-0.2, -0.15) is 0 Å². The smallest absolute Gasteiger partial charge is 0.326 e. The molecule has 0 aliphatic rings. The van der Waals surface area contributed by atoms with Gasteiger partial charge in [0.1, 0.15) is 11.7 Å².